The van der Waals surface area contributed by atoms with E-state index in [4.69, 9.17) is 4.74 Å². The third-order valence-electron chi connectivity index (χ3n) is 5.53. The van der Waals surface area contributed by atoms with Gasteiger partial charge in [0.1, 0.15) is 24.0 Å². The molecule has 2 aromatic rings. The van der Waals surface area contributed by atoms with Gasteiger partial charge in [-0.25, -0.2) is 9.67 Å². The Bertz CT molecular complexity index is 794. The van der Waals surface area contributed by atoms with Gasteiger partial charge in [-0.1, -0.05) is 13.8 Å². The van der Waals surface area contributed by atoms with Gasteiger partial charge in [-0.3, -0.25) is 9.69 Å². The van der Waals surface area contributed by atoms with Crippen molar-refractivity contribution in [1.29, 1.82) is 0 Å². The van der Waals surface area contributed by atoms with Crippen molar-refractivity contribution in [3.05, 3.63) is 35.9 Å². The highest BCUT2D eigenvalue weighted by atomic mass is 16.5. The number of anilines is 1. The SMILES string of the molecule is Cc1nc(C)n(CC(C)C(=O)Nc2ccc(OCCN3CCC(C)CC3)cc2)n1. The van der Waals surface area contributed by atoms with Crippen molar-refractivity contribution in [2.24, 2.45) is 11.8 Å². The quantitative estimate of drug-likeness (QED) is 0.737. The van der Waals surface area contributed by atoms with Crippen LogP contribution in [0.5, 0.6) is 5.75 Å². The van der Waals surface area contributed by atoms with Crippen LogP contribution in [0.15, 0.2) is 24.3 Å². The topological polar surface area (TPSA) is 72.3 Å². The predicted molar refractivity (Wildman–Crippen MR) is 114 cm³/mol. The van der Waals surface area contributed by atoms with Gasteiger partial charge in [0, 0.05) is 12.2 Å². The molecule has 7 nitrogen and oxygen atoms in total. The van der Waals surface area contributed by atoms with E-state index in [9.17, 15) is 4.79 Å². The van der Waals surface area contributed by atoms with E-state index in [1.54, 1.807) is 4.68 Å². The minimum Gasteiger partial charge on any atom is -0.492 e. The van der Waals surface area contributed by atoms with E-state index in [-0.39, 0.29) is 11.8 Å². The Morgan fingerprint density at radius 2 is 1.93 bits per heavy atom. The number of aryl methyl sites for hydroxylation is 2. The molecule has 1 amide bonds. The molecule has 0 spiro atoms. The number of benzene rings is 1. The van der Waals surface area contributed by atoms with Crippen LogP contribution >= 0.6 is 0 Å². The number of piperidine rings is 1. The van der Waals surface area contributed by atoms with Crippen LogP contribution in [0.3, 0.4) is 0 Å². The molecule has 1 saturated heterocycles. The highest BCUT2D eigenvalue weighted by Gasteiger charge is 2.17. The lowest BCUT2D eigenvalue weighted by Gasteiger charge is -2.29. The fourth-order valence-electron chi connectivity index (χ4n) is 3.55. The molecule has 3 rings (SSSR count). The molecular weight excluding hydrogens is 366 g/mol. The largest absolute Gasteiger partial charge is 0.492 e. The van der Waals surface area contributed by atoms with Crippen LogP contribution in [0.4, 0.5) is 5.69 Å². The van der Waals surface area contributed by atoms with Crippen LogP contribution in [0.25, 0.3) is 0 Å². The molecule has 1 aliphatic rings. The number of likely N-dealkylation sites (tertiary alicyclic amines) is 1. The number of aromatic nitrogens is 3. The summed E-state index contributed by atoms with van der Waals surface area (Å²) in [5, 5.41) is 7.29. The first-order chi connectivity index (χ1) is 13.9. The van der Waals surface area contributed by atoms with Crippen molar-refractivity contribution in [2.75, 3.05) is 31.6 Å². The average molecular weight is 400 g/mol. The van der Waals surface area contributed by atoms with Gasteiger partial charge in [0.05, 0.1) is 12.5 Å². The number of amides is 1. The molecule has 158 valence electrons. The first-order valence-corrected chi connectivity index (χ1v) is 10.5. The Kier molecular flexibility index (Phi) is 7.25. The van der Waals surface area contributed by atoms with E-state index < -0.39 is 0 Å². The molecule has 0 saturated carbocycles. The Hall–Kier alpha value is -2.41. The summed E-state index contributed by atoms with van der Waals surface area (Å²) >= 11 is 0. The summed E-state index contributed by atoms with van der Waals surface area (Å²) in [6, 6.07) is 7.58. The molecule has 0 aliphatic carbocycles. The standard InChI is InChI=1S/C22H33N5O2/c1-16-9-11-26(12-10-16)13-14-29-21-7-5-20(6-8-21)24-22(28)17(2)15-27-19(4)23-18(3)25-27/h5-8,16-17H,9-15H2,1-4H3,(H,24,28). The Morgan fingerprint density at radius 1 is 1.24 bits per heavy atom. The highest BCUT2D eigenvalue weighted by molar-refractivity contribution is 5.92. The first-order valence-electron chi connectivity index (χ1n) is 10.5. The van der Waals surface area contributed by atoms with Gasteiger partial charge in [-0.2, -0.15) is 5.10 Å². The predicted octanol–water partition coefficient (Wildman–Crippen LogP) is 3.28. The van der Waals surface area contributed by atoms with Crippen molar-refractivity contribution >= 4 is 11.6 Å². The Labute approximate surface area is 173 Å². The number of nitrogens with one attached hydrogen (secondary N) is 1. The van der Waals surface area contributed by atoms with Gasteiger partial charge in [0.25, 0.3) is 0 Å². The van der Waals surface area contributed by atoms with Crippen LogP contribution in [-0.2, 0) is 11.3 Å². The molecule has 0 radical (unpaired) electrons. The summed E-state index contributed by atoms with van der Waals surface area (Å²) in [4.78, 5) is 19.2. The summed E-state index contributed by atoms with van der Waals surface area (Å²) in [6.45, 7) is 12.5. The molecule has 1 aromatic heterocycles. The number of ether oxygens (including phenoxy) is 1. The van der Waals surface area contributed by atoms with E-state index in [0.29, 0.717) is 13.2 Å². The third-order valence-corrected chi connectivity index (χ3v) is 5.53. The van der Waals surface area contributed by atoms with Crippen LogP contribution in [0.1, 0.15) is 38.3 Å². The Morgan fingerprint density at radius 3 is 2.55 bits per heavy atom. The summed E-state index contributed by atoms with van der Waals surface area (Å²) in [5.41, 5.74) is 0.769. The van der Waals surface area contributed by atoms with Crippen molar-refractivity contribution in [3.8, 4) is 5.75 Å². The lowest BCUT2D eigenvalue weighted by Crippen LogP contribution is -2.35. The maximum Gasteiger partial charge on any atom is 0.229 e. The molecule has 2 heterocycles. The molecule has 29 heavy (non-hydrogen) atoms. The van der Waals surface area contributed by atoms with Crippen molar-refractivity contribution in [1.82, 2.24) is 19.7 Å². The smallest absolute Gasteiger partial charge is 0.229 e. The number of carbonyl (C=O) groups excluding carboxylic acids is 1. The van der Waals surface area contributed by atoms with E-state index in [2.05, 4.69) is 27.2 Å². The van der Waals surface area contributed by atoms with Gasteiger partial charge >= 0.3 is 0 Å². The third kappa shape index (κ3) is 6.29. The van der Waals surface area contributed by atoms with Gasteiger partial charge in [0.15, 0.2) is 0 Å². The zero-order chi connectivity index (χ0) is 20.8. The molecule has 1 atom stereocenters. The van der Waals surface area contributed by atoms with E-state index in [1.807, 2.05) is 45.0 Å². The van der Waals surface area contributed by atoms with Crippen molar-refractivity contribution in [2.45, 2.75) is 47.1 Å². The fraction of sp³-hybridized carbons (Fsp3) is 0.591. The average Bonchev–Trinajstić information content (AvgIpc) is 3.01. The lowest BCUT2D eigenvalue weighted by molar-refractivity contribution is -0.119. The number of hydrogen-bond donors (Lipinski definition) is 1. The monoisotopic (exact) mass is 399 g/mol. The molecule has 1 unspecified atom stereocenters. The van der Waals surface area contributed by atoms with Crippen LogP contribution in [0, 0.1) is 25.7 Å². The number of carbonyl (C=O) groups is 1. The first kappa shape index (κ1) is 21.3. The molecule has 0 bridgehead atoms. The normalized spacial score (nSPS) is 16.6. The molecule has 1 N–H and O–H groups in total. The second kappa shape index (κ2) is 9.87. The summed E-state index contributed by atoms with van der Waals surface area (Å²) in [5.74, 6) is 2.98. The van der Waals surface area contributed by atoms with Gasteiger partial charge in [-0.15, -0.1) is 0 Å². The van der Waals surface area contributed by atoms with E-state index in [0.717, 1.165) is 35.5 Å². The second-order valence-corrected chi connectivity index (χ2v) is 8.18. The molecule has 1 aliphatic heterocycles. The zero-order valence-electron chi connectivity index (χ0n) is 18.0. The van der Waals surface area contributed by atoms with Crippen LogP contribution in [0.2, 0.25) is 0 Å². The van der Waals surface area contributed by atoms with E-state index >= 15 is 0 Å². The fourth-order valence-corrected chi connectivity index (χ4v) is 3.55. The van der Waals surface area contributed by atoms with Gasteiger partial charge < -0.3 is 10.1 Å². The molecule has 1 aromatic carbocycles. The maximum atomic E-state index is 12.5. The van der Waals surface area contributed by atoms with Crippen LogP contribution < -0.4 is 10.1 Å². The summed E-state index contributed by atoms with van der Waals surface area (Å²) in [6.07, 6.45) is 2.56. The van der Waals surface area contributed by atoms with E-state index in [1.165, 1.54) is 25.9 Å². The Balaban J connectivity index is 1.42. The molecule has 7 heteroatoms. The minimum absolute atomic E-state index is 0.0365. The number of nitrogens with zero attached hydrogens (tertiary/aromatic N) is 4. The van der Waals surface area contributed by atoms with Crippen LogP contribution in [-0.4, -0.2) is 51.8 Å². The zero-order valence-corrected chi connectivity index (χ0v) is 18.0. The highest BCUT2D eigenvalue weighted by Crippen LogP contribution is 2.18. The molecular formula is C22H33N5O2. The number of hydrogen-bond acceptors (Lipinski definition) is 5. The molecule has 1 fully saturated rings. The van der Waals surface area contributed by atoms with Crippen molar-refractivity contribution < 1.29 is 9.53 Å². The number of rotatable bonds is 8. The maximum absolute atomic E-state index is 12.5. The van der Waals surface area contributed by atoms with Crippen molar-refractivity contribution in [3.63, 3.8) is 0 Å². The van der Waals surface area contributed by atoms with Gasteiger partial charge in [-0.05, 0) is 70.0 Å². The second-order valence-electron chi connectivity index (χ2n) is 8.18. The minimum atomic E-state index is -0.210. The lowest BCUT2D eigenvalue weighted by atomic mass is 9.99. The summed E-state index contributed by atoms with van der Waals surface area (Å²) in [7, 11) is 0. The van der Waals surface area contributed by atoms with Gasteiger partial charge in [0.2, 0.25) is 5.91 Å². The summed E-state index contributed by atoms with van der Waals surface area (Å²) < 4.78 is 7.64.